The van der Waals surface area contributed by atoms with Crippen molar-refractivity contribution in [3.8, 4) is 0 Å². The summed E-state index contributed by atoms with van der Waals surface area (Å²) in [7, 11) is 0. The molecule has 2 saturated carbocycles. The first kappa shape index (κ1) is 25.2. The number of benzene rings is 1. The maximum atomic E-state index is 13.8. The number of rotatable bonds is 8. The second-order valence-electron chi connectivity index (χ2n) is 9.69. The highest BCUT2D eigenvalue weighted by molar-refractivity contribution is 5.28. The van der Waals surface area contributed by atoms with Crippen molar-refractivity contribution in [2.45, 2.75) is 83.2 Å². The van der Waals surface area contributed by atoms with Crippen LogP contribution in [0.25, 0.3) is 0 Å². The Kier molecular flexibility index (Phi) is 9.13. The van der Waals surface area contributed by atoms with Crippen molar-refractivity contribution >= 4 is 0 Å². The molecule has 180 valence electrons. The van der Waals surface area contributed by atoms with Crippen LogP contribution < -0.4 is 0 Å². The minimum Gasteiger partial charge on any atom is -0.251 e. The van der Waals surface area contributed by atoms with Crippen molar-refractivity contribution in [3.05, 3.63) is 47.0 Å². The SMILES string of the molecule is FCCC/C=C/C1CCC(C2CCC(CCc3cc(F)c(C(F)(F)F)c(F)c3)CC2)CC1. The molecule has 6 heteroatoms. The van der Waals surface area contributed by atoms with Crippen LogP contribution in [0.4, 0.5) is 26.3 Å². The smallest absolute Gasteiger partial charge is 0.251 e. The van der Waals surface area contributed by atoms with Crippen molar-refractivity contribution in [3.63, 3.8) is 0 Å². The minimum atomic E-state index is -5.02. The van der Waals surface area contributed by atoms with Crippen LogP contribution in [-0.2, 0) is 12.6 Å². The third-order valence-electron chi connectivity index (χ3n) is 7.51. The molecule has 2 aliphatic rings. The third kappa shape index (κ3) is 7.02. The summed E-state index contributed by atoms with van der Waals surface area (Å²) in [4.78, 5) is 0. The predicted molar refractivity (Wildman–Crippen MR) is 115 cm³/mol. The van der Waals surface area contributed by atoms with E-state index in [1.54, 1.807) is 0 Å². The molecule has 32 heavy (non-hydrogen) atoms. The van der Waals surface area contributed by atoms with E-state index in [1.165, 1.54) is 38.5 Å². The quantitative estimate of drug-likeness (QED) is 0.206. The van der Waals surface area contributed by atoms with Gasteiger partial charge in [0.25, 0.3) is 0 Å². The molecule has 3 rings (SSSR count). The molecule has 0 radical (unpaired) electrons. The maximum absolute atomic E-state index is 13.8. The lowest BCUT2D eigenvalue weighted by Gasteiger charge is -2.37. The van der Waals surface area contributed by atoms with Crippen molar-refractivity contribution in [1.29, 1.82) is 0 Å². The Bertz CT molecular complexity index is 714. The molecule has 0 bridgehead atoms. The molecular weight excluding hydrogens is 426 g/mol. The van der Waals surface area contributed by atoms with Crippen LogP contribution in [0.2, 0.25) is 0 Å². The molecule has 1 aromatic carbocycles. The van der Waals surface area contributed by atoms with Gasteiger partial charge in [-0.25, -0.2) is 8.78 Å². The van der Waals surface area contributed by atoms with E-state index in [9.17, 15) is 26.3 Å². The first-order chi connectivity index (χ1) is 15.3. The zero-order valence-corrected chi connectivity index (χ0v) is 18.6. The van der Waals surface area contributed by atoms with E-state index in [1.807, 2.05) is 0 Å². The lowest BCUT2D eigenvalue weighted by molar-refractivity contribution is -0.142. The molecule has 0 N–H and O–H groups in total. The van der Waals surface area contributed by atoms with Gasteiger partial charge in [0, 0.05) is 0 Å². The summed E-state index contributed by atoms with van der Waals surface area (Å²) < 4.78 is 77.9. The van der Waals surface area contributed by atoms with E-state index in [2.05, 4.69) is 12.2 Å². The summed E-state index contributed by atoms with van der Waals surface area (Å²) >= 11 is 0. The number of hydrogen-bond acceptors (Lipinski definition) is 0. The molecule has 0 amide bonds. The van der Waals surface area contributed by atoms with Crippen LogP contribution >= 0.6 is 0 Å². The topological polar surface area (TPSA) is 0 Å². The molecule has 0 heterocycles. The van der Waals surface area contributed by atoms with Gasteiger partial charge in [-0.3, -0.25) is 4.39 Å². The second-order valence-corrected chi connectivity index (χ2v) is 9.69. The van der Waals surface area contributed by atoms with E-state index in [0.29, 0.717) is 30.2 Å². The predicted octanol–water partition coefficient (Wildman–Crippen LogP) is 8.83. The number of hydrogen-bond donors (Lipinski definition) is 0. The average molecular weight is 461 g/mol. The lowest BCUT2D eigenvalue weighted by Crippen LogP contribution is -2.25. The van der Waals surface area contributed by atoms with E-state index < -0.39 is 23.4 Å². The van der Waals surface area contributed by atoms with Gasteiger partial charge in [-0.05, 0) is 106 Å². The van der Waals surface area contributed by atoms with Gasteiger partial charge in [0.2, 0.25) is 0 Å². The van der Waals surface area contributed by atoms with Gasteiger partial charge >= 0.3 is 6.18 Å². The fraction of sp³-hybridized carbons (Fsp3) is 0.692. The number of aryl methyl sites for hydroxylation is 1. The standard InChI is InChI=1S/C26H34F6/c27-15-3-1-2-4-18-7-11-21(12-8-18)22-13-9-19(10-14-22)5-6-20-16-23(28)25(24(29)17-20)26(30,31)32/h2,4,16-19,21-22H,1,3,5-15H2/b4-2+. The highest BCUT2D eigenvalue weighted by atomic mass is 19.4. The molecule has 0 saturated heterocycles. The normalized spacial score (nSPS) is 27.2. The van der Waals surface area contributed by atoms with Gasteiger partial charge < -0.3 is 0 Å². The van der Waals surface area contributed by atoms with Crippen LogP contribution in [0.5, 0.6) is 0 Å². The summed E-state index contributed by atoms with van der Waals surface area (Å²) in [5, 5.41) is 0. The molecule has 0 unspecified atom stereocenters. The second kappa shape index (κ2) is 11.6. The summed E-state index contributed by atoms with van der Waals surface area (Å²) in [6, 6.07) is 1.67. The summed E-state index contributed by atoms with van der Waals surface area (Å²) in [6.07, 6.45) is 11.4. The Morgan fingerprint density at radius 3 is 1.94 bits per heavy atom. The number of allylic oxidation sites excluding steroid dienone is 2. The van der Waals surface area contributed by atoms with Crippen LogP contribution in [0, 0.1) is 35.3 Å². The first-order valence-corrected chi connectivity index (χ1v) is 12.1. The zero-order chi connectivity index (χ0) is 23.1. The summed E-state index contributed by atoms with van der Waals surface area (Å²) in [5.74, 6) is -0.442. The molecule has 1 aromatic rings. The van der Waals surface area contributed by atoms with Crippen molar-refractivity contribution in [1.82, 2.24) is 0 Å². The fourth-order valence-electron chi connectivity index (χ4n) is 5.65. The molecule has 0 aromatic heterocycles. The zero-order valence-electron chi connectivity index (χ0n) is 18.6. The Balaban J connectivity index is 1.40. The van der Waals surface area contributed by atoms with Crippen LogP contribution in [0.1, 0.15) is 81.8 Å². The number of alkyl halides is 4. The Hall–Kier alpha value is -1.46. The van der Waals surface area contributed by atoms with Crippen molar-refractivity contribution in [2.24, 2.45) is 23.7 Å². The first-order valence-electron chi connectivity index (χ1n) is 12.1. The van der Waals surface area contributed by atoms with E-state index in [4.69, 9.17) is 0 Å². The highest BCUT2D eigenvalue weighted by Gasteiger charge is 2.38. The van der Waals surface area contributed by atoms with Gasteiger partial charge in [0.05, 0.1) is 6.67 Å². The van der Waals surface area contributed by atoms with E-state index >= 15 is 0 Å². The third-order valence-corrected chi connectivity index (χ3v) is 7.51. The largest absolute Gasteiger partial charge is 0.422 e. The number of halogens is 6. The fourth-order valence-corrected chi connectivity index (χ4v) is 5.65. The molecule has 0 nitrogen and oxygen atoms in total. The van der Waals surface area contributed by atoms with Crippen LogP contribution in [0.3, 0.4) is 0 Å². The molecule has 2 aliphatic carbocycles. The lowest BCUT2D eigenvalue weighted by atomic mass is 9.68. The molecule has 0 aliphatic heterocycles. The van der Waals surface area contributed by atoms with Crippen molar-refractivity contribution < 1.29 is 26.3 Å². The summed E-state index contributed by atoms with van der Waals surface area (Å²) in [6.45, 7) is -0.252. The molecule has 0 spiro atoms. The Labute approximate surface area is 187 Å². The Morgan fingerprint density at radius 2 is 1.41 bits per heavy atom. The maximum Gasteiger partial charge on any atom is 0.422 e. The van der Waals surface area contributed by atoms with Crippen LogP contribution in [0.15, 0.2) is 24.3 Å². The highest BCUT2D eigenvalue weighted by Crippen LogP contribution is 2.42. The molecule has 0 atom stereocenters. The van der Waals surface area contributed by atoms with Crippen molar-refractivity contribution in [2.75, 3.05) is 6.67 Å². The van der Waals surface area contributed by atoms with Gasteiger partial charge in [-0.15, -0.1) is 0 Å². The minimum absolute atomic E-state index is 0.252. The van der Waals surface area contributed by atoms with Gasteiger partial charge in [-0.1, -0.05) is 25.0 Å². The van der Waals surface area contributed by atoms with E-state index in [-0.39, 0.29) is 6.67 Å². The molecular formula is C26H34F6. The van der Waals surface area contributed by atoms with Gasteiger partial charge in [0.1, 0.15) is 17.2 Å². The van der Waals surface area contributed by atoms with E-state index in [0.717, 1.165) is 49.7 Å². The van der Waals surface area contributed by atoms with Gasteiger partial charge in [-0.2, -0.15) is 13.2 Å². The number of unbranched alkanes of at least 4 members (excludes halogenated alkanes) is 1. The summed E-state index contributed by atoms with van der Waals surface area (Å²) in [5.41, 5.74) is -1.50. The Morgan fingerprint density at radius 1 is 0.844 bits per heavy atom. The molecule has 2 fully saturated rings. The van der Waals surface area contributed by atoms with Gasteiger partial charge in [0.15, 0.2) is 0 Å². The van der Waals surface area contributed by atoms with Crippen LogP contribution in [-0.4, -0.2) is 6.67 Å². The average Bonchev–Trinajstić information content (AvgIpc) is 2.75. The monoisotopic (exact) mass is 460 g/mol.